The highest BCUT2D eigenvalue weighted by molar-refractivity contribution is 5.85. The first-order valence-corrected chi connectivity index (χ1v) is 4.96. The van der Waals surface area contributed by atoms with Gasteiger partial charge in [-0.3, -0.25) is 4.79 Å². The largest absolute Gasteiger partial charge is 0.494 e. The summed E-state index contributed by atoms with van der Waals surface area (Å²) in [6.07, 6.45) is 1.49. The van der Waals surface area contributed by atoms with E-state index >= 15 is 0 Å². The van der Waals surface area contributed by atoms with Crippen LogP contribution in [-0.2, 0) is 0 Å². The van der Waals surface area contributed by atoms with Crippen molar-refractivity contribution < 1.29 is 14.6 Å². The van der Waals surface area contributed by atoms with Gasteiger partial charge in [0.05, 0.1) is 7.11 Å². The summed E-state index contributed by atoms with van der Waals surface area (Å²) in [5.74, 6) is -0.835. The monoisotopic (exact) mass is 247 g/mol. The van der Waals surface area contributed by atoms with Crippen molar-refractivity contribution in [2.75, 3.05) is 7.11 Å². The first-order chi connectivity index (χ1) is 8.61. The highest BCUT2D eigenvalue weighted by atomic mass is 16.5. The van der Waals surface area contributed by atoms with Gasteiger partial charge in [0.2, 0.25) is 0 Å². The average molecular weight is 247 g/mol. The molecule has 0 saturated carbocycles. The molecular formula is C11H9N3O4. The van der Waals surface area contributed by atoms with Gasteiger partial charge >= 0.3 is 5.97 Å². The lowest BCUT2D eigenvalue weighted by molar-refractivity contribution is 0.0690. The number of hydrogen-bond acceptors (Lipinski definition) is 5. The fourth-order valence-corrected chi connectivity index (χ4v) is 1.41. The quantitative estimate of drug-likeness (QED) is 0.820. The van der Waals surface area contributed by atoms with Crippen LogP contribution in [0.1, 0.15) is 10.5 Å². The zero-order valence-corrected chi connectivity index (χ0v) is 9.38. The third kappa shape index (κ3) is 2.19. The van der Waals surface area contributed by atoms with Crippen LogP contribution in [0.15, 0.2) is 29.2 Å². The summed E-state index contributed by atoms with van der Waals surface area (Å²) in [4.78, 5) is 32.4. The van der Waals surface area contributed by atoms with E-state index < -0.39 is 11.5 Å². The summed E-state index contributed by atoms with van der Waals surface area (Å²) in [6.45, 7) is 0. The van der Waals surface area contributed by atoms with Gasteiger partial charge in [-0.15, -0.1) is 0 Å². The molecule has 0 aromatic carbocycles. The minimum absolute atomic E-state index is 0.0531. The number of aromatic amines is 1. The van der Waals surface area contributed by atoms with Crippen molar-refractivity contribution >= 4 is 5.97 Å². The van der Waals surface area contributed by atoms with E-state index in [0.29, 0.717) is 5.75 Å². The number of carboxylic acid groups (broad SMARTS) is 1. The maximum Gasteiger partial charge on any atom is 0.354 e. The Balaban J connectivity index is 2.64. The van der Waals surface area contributed by atoms with Crippen LogP contribution in [0, 0.1) is 0 Å². The summed E-state index contributed by atoms with van der Waals surface area (Å²) in [6, 6.07) is 4.19. The molecule has 0 saturated heterocycles. The van der Waals surface area contributed by atoms with E-state index in [2.05, 4.69) is 15.0 Å². The lowest BCUT2D eigenvalue weighted by Gasteiger charge is -2.06. The molecule has 0 amide bonds. The summed E-state index contributed by atoms with van der Waals surface area (Å²) in [7, 11) is 1.44. The second kappa shape index (κ2) is 4.66. The molecule has 0 aliphatic rings. The number of pyridine rings is 1. The molecule has 0 bridgehead atoms. The predicted molar refractivity (Wildman–Crippen MR) is 61.6 cm³/mol. The number of nitrogens with zero attached hydrogens (tertiary/aromatic N) is 2. The topological polar surface area (TPSA) is 105 Å². The second-order valence-electron chi connectivity index (χ2n) is 3.34. The number of carbonyl (C=O) groups is 1. The van der Waals surface area contributed by atoms with Crippen molar-refractivity contribution in [1.82, 2.24) is 15.0 Å². The number of aromatic nitrogens is 3. The third-order valence-corrected chi connectivity index (χ3v) is 2.18. The van der Waals surface area contributed by atoms with Gasteiger partial charge in [0.25, 0.3) is 5.56 Å². The molecule has 0 atom stereocenters. The average Bonchev–Trinajstić information content (AvgIpc) is 2.38. The van der Waals surface area contributed by atoms with Crippen molar-refractivity contribution in [3.05, 3.63) is 40.4 Å². The molecule has 92 valence electrons. The number of aromatic carboxylic acids is 1. The molecule has 0 spiro atoms. The SMILES string of the molecule is COc1cccnc1-c1nc(C(=O)O)cc(=O)[nH]1. The number of methoxy groups -OCH3 is 1. The summed E-state index contributed by atoms with van der Waals surface area (Å²) in [5.41, 5.74) is -0.633. The van der Waals surface area contributed by atoms with E-state index in [1.165, 1.54) is 13.3 Å². The van der Waals surface area contributed by atoms with E-state index in [4.69, 9.17) is 9.84 Å². The molecule has 7 nitrogen and oxygen atoms in total. The fraction of sp³-hybridized carbons (Fsp3) is 0.0909. The van der Waals surface area contributed by atoms with Gasteiger partial charge < -0.3 is 14.8 Å². The smallest absolute Gasteiger partial charge is 0.354 e. The molecule has 0 fully saturated rings. The molecule has 2 rings (SSSR count). The van der Waals surface area contributed by atoms with Gasteiger partial charge in [0.1, 0.15) is 11.4 Å². The van der Waals surface area contributed by atoms with Gasteiger partial charge in [0.15, 0.2) is 11.5 Å². The van der Waals surface area contributed by atoms with E-state index in [-0.39, 0.29) is 17.2 Å². The number of hydrogen-bond donors (Lipinski definition) is 2. The zero-order valence-electron chi connectivity index (χ0n) is 9.38. The molecule has 0 radical (unpaired) electrons. The first-order valence-electron chi connectivity index (χ1n) is 4.96. The van der Waals surface area contributed by atoms with Gasteiger partial charge in [-0.1, -0.05) is 0 Å². The molecule has 0 aliphatic heterocycles. The van der Waals surface area contributed by atoms with Crippen LogP contribution in [0.4, 0.5) is 0 Å². The van der Waals surface area contributed by atoms with Crippen LogP contribution in [0.5, 0.6) is 5.75 Å². The predicted octanol–water partition coefficient (Wildman–Crippen LogP) is 0.539. The molecule has 0 unspecified atom stereocenters. The van der Waals surface area contributed by atoms with E-state index in [0.717, 1.165) is 6.07 Å². The molecular weight excluding hydrogens is 238 g/mol. The Morgan fingerprint density at radius 2 is 2.28 bits per heavy atom. The molecule has 0 aliphatic carbocycles. The number of rotatable bonds is 3. The number of carboxylic acids is 1. The minimum Gasteiger partial charge on any atom is -0.494 e. The lowest BCUT2D eigenvalue weighted by atomic mass is 10.3. The Morgan fingerprint density at radius 3 is 2.94 bits per heavy atom. The Morgan fingerprint density at radius 1 is 1.50 bits per heavy atom. The maximum absolute atomic E-state index is 11.4. The van der Waals surface area contributed by atoms with Crippen molar-refractivity contribution in [1.29, 1.82) is 0 Å². The molecule has 18 heavy (non-hydrogen) atoms. The number of nitrogens with one attached hydrogen (secondary N) is 1. The van der Waals surface area contributed by atoms with Crippen molar-refractivity contribution in [2.24, 2.45) is 0 Å². The maximum atomic E-state index is 11.4. The molecule has 2 aromatic rings. The normalized spacial score (nSPS) is 10.1. The van der Waals surface area contributed by atoms with E-state index in [1.807, 2.05) is 0 Å². The highest BCUT2D eigenvalue weighted by Crippen LogP contribution is 2.23. The van der Waals surface area contributed by atoms with E-state index in [9.17, 15) is 9.59 Å². The van der Waals surface area contributed by atoms with E-state index in [1.54, 1.807) is 12.1 Å². The standard InChI is InChI=1S/C11H9N3O4/c1-18-7-3-2-4-12-9(7)10-13-6(11(16)17)5-8(15)14-10/h2-5H,1H3,(H,16,17)(H,13,14,15). The Kier molecular flexibility index (Phi) is 3.05. The van der Waals surface area contributed by atoms with Gasteiger partial charge in [-0.25, -0.2) is 14.8 Å². The second-order valence-corrected chi connectivity index (χ2v) is 3.34. The van der Waals surface area contributed by atoms with Crippen LogP contribution >= 0.6 is 0 Å². The zero-order chi connectivity index (χ0) is 13.1. The third-order valence-electron chi connectivity index (χ3n) is 2.18. The van der Waals surface area contributed by atoms with Crippen molar-refractivity contribution in [3.8, 4) is 17.3 Å². The van der Waals surface area contributed by atoms with Crippen LogP contribution in [0.2, 0.25) is 0 Å². The summed E-state index contributed by atoms with van der Waals surface area (Å²) < 4.78 is 5.07. The van der Waals surface area contributed by atoms with Gasteiger partial charge in [-0.2, -0.15) is 0 Å². The molecule has 2 heterocycles. The highest BCUT2D eigenvalue weighted by Gasteiger charge is 2.13. The van der Waals surface area contributed by atoms with Crippen LogP contribution in [0.25, 0.3) is 11.5 Å². The van der Waals surface area contributed by atoms with Crippen molar-refractivity contribution in [2.45, 2.75) is 0 Å². The fourth-order valence-electron chi connectivity index (χ4n) is 1.41. The first kappa shape index (κ1) is 11.8. The lowest BCUT2D eigenvalue weighted by Crippen LogP contribution is -2.14. The molecule has 2 N–H and O–H groups in total. The Bertz CT molecular complexity index is 651. The number of H-pyrrole nitrogens is 1. The molecule has 2 aromatic heterocycles. The summed E-state index contributed by atoms with van der Waals surface area (Å²) >= 11 is 0. The Labute approximate surface area is 101 Å². The van der Waals surface area contributed by atoms with Crippen LogP contribution in [-0.4, -0.2) is 33.1 Å². The number of ether oxygens (including phenoxy) is 1. The Hall–Kier alpha value is -2.70. The van der Waals surface area contributed by atoms with Crippen LogP contribution in [0.3, 0.4) is 0 Å². The minimum atomic E-state index is -1.28. The van der Waals surface area contributed by atoms with Crippen LogP contribution < -0.4 is 10.3 Å². The van der Waals surface area contributed by atoms with Gasteiger partial charge in [-0.05, 0) is 12.1 Å². The summed E-state index contributed by atoms with van der Waals surface area (Å²) in [5, 5.41) is 8.84. The van der Waals surface area contributed by atoms with Crippen molar-refractivity contribution in [3.63, 3.8) is 0 Å². The van der Waals surface area contributed by atoms with Gasteiger partial charge in [0, 0.05) is 12.3 Å². The molecule has 7 heteroatoms.